The van der Waals surface area contributed by atoms with Gasteiger partial charge in [0.2, 0.25) is 6.79 Å². The molecular formula is C28H33F3N2O10. The highest BCUT2D eigenvalue weighted by molar-refractivity contribution is 5.98. The number of ether oxygens (including phenoxy) is 7. The van der Waals surface area contributed by atoms with E-state index in [4.69, 9.17) is 33.2 Å². The Balaban J connectivity index is 1.79. The van der Waals surface area contributed by atoms with Crippen LogP contribution in [0.5, 0.6) is 17.2 Å². The van der Waals surface area contributed by atoms with E-state index in [2.05, 4.69) is 10.3 Å². The van der Waals surface area contributed by atoms with Crippen molar-refractivity contribution in [3.05, 3.63) is 47.8 Å². The number of hydrogen-bond donors (Lipinski definition) is 1. The second-order valence-corrected chi connectivity index (χ2v) is 9.31. The highest BCUT2D eigenvalue weighted by atomic mass is 19.4. The van der Waals surface area contributed by atoms with Gasteiger partial charge in [-0.2, -0.15) is 13.2 Å². The Morgan fingerprint density at radius 2 is 1.86 bits per heavy atom. The third-order valence-electron chi connectivity index (χ3n) is 6.05. The maximum atomic E-state index is 13.2. The van der Waals surface area contributed by atoms with E-state index in [0.717, 1.165) is 24.3 Å². The Kier molecular flexibility index (Phi) is 11.9. The molecule has 4 atom stereocenters. The van der Waals surface area contributed by atoms with Crippen LogP contribution in [0.15, 0.2) is 36.5 Å². The van der Waals surface area contributed by atoms with Gasteiger partial charge in [-0.25, -0.2) is 9.78 Å². The summed E-state index contributed by atoms with van der Waals surface area (Å²) < 4.78 is 77.6. The lowest BCUT2D eigenvalue weighted by Crippen LogP contribution is -2.48. The molecular weight excluding hydrogens is 581 g/mol. The fraction of sp³-hybridized carbons (Fsp3) is 0.500. The highest BCUT2D eigenvalue weighted by Crippen LogP contribution is 2.32. The number of aromatic nitrogens is 1. The molecule has 0 aliphatic carbocycles. The van der Waals surface area contributed by atoms with Crippen molar-refractivity contribution in [1.29, 1.82) is 0 Å². The Morgan fingerprint density at radius 1 is 1.14 bits per heavy atom. The molecule has 0 saturated carbocycles. The summed E-state index contributed by atoms with van der Waals surface area (Å²) in [5.74, 6) is -2.24. The molecule has 43 heavy (non-hydrogen) atoms. The van der Waals surface area contributed by atoms with E-state index in [1.807, 2.05) is 6.92 Å². The molecule has 236 valence electrons. The summed E-state index contributed by atoms with van der Waals surface area (Å²) in [6, 6.07) is 4.19. The highest BCUT2D eigenvalue weighted by Gasteiger charge is 2.38. The van der Waals surface area contributed by atoms with Gasteiger partial charge in [-0.3, -0.25) is 9.59 Å². The lowest BCUT2D eigenvalue weighted by atomic mass is 10.1. The first-order chi connectivity index (χ1) is 20.4. The second-order valence-electron chi connectivity index (χ2n) is 9.31. The first-order valence-electron chi connectivity index (χ1n) is 13.3. The van der Waals surface area contributed by atoms with Crippen LogP contribution in [-0.4, -0.2) is 80.9 Å². The molecule has 1 aliphatic rings. The van der Waals surface area contributed by atoms with Gasteiger partial charge in [0.1, 0.15) is 18.0 Å². The van der Waals surface area contributed by atoms with Crippen LogP contribution in [0.2, 0.25) is 0 Å². The lowest BCUT2D eigenvalue weighted by molar-refractivity contribution is -0.159. The van der Waals surface area contributed by atoms with Crippen LogP contribution < -0.4 is 19.5 Å². The number of cyclic esters (lactones) is 1. The van der Waals surface area contributed by atoms with Gasteiger partial charge in [0.15, 0.2) is 29.3 Å². The Hall–Kier alpha value is -4.11. The number of methoxy groups -OCH3 is 1. The number of alkyl halides is 3. The van der Waals surface area contributed by atoms with Crippen LogP contribution in [0.4, 0.5) is 13.2 Å². The average Bonchev–Trinajstić information content (AvgIpc) is 3.00. The molecule has 1 amide bonds. The van der Waals surface area contributed by atoms with Crippen LogP contribution in [0.3, 0.4) is 0 Å². The van der Waals surface area contributed by atoms with Gasteiger partial charge >= 0.3 is 18.1 Å². The Morgan fingerprint density at radius 3 is 2.49 bits per heavy atom. The largest absolute Gasteiger partial charge is 0.493 e. The average molecular weight is 615 g/mol. The number of carbonyl (C=O) groups is 3. The van der Waals surface area contributed by atoms with E-state index in [1.54, 1.807) is 0 Å². The lowest BCUT2D eigenvalue weighted by Gasteiger charge is -2.31. The topological polar surface area (TPSA) is 141 Å². The number of halogens is 3. The fourth-order valence-corrected chi connectivity index (χ4v) is 3.95. The number of nitrogens with zero attached hydrogens (tertiary/aromatic N) is 1. The van der Waals surface area contributed by atoms with Crippen molar-refractivity contribution in [3.8, 4) is 17.2 Å². The van der Waals surface area contributed by atoms with Crippen LogP contribution in [0.1, 0.15) is 43.2 Å². The minimum absolute atomic E-state index is 0.0905. The van der Waals surface area contributed by atoms with E-state index in [0.29, 0.717) is 13.0 Å². The smallest absolute Gasteiger partial charge is 0.416 e. The van der Waals surface area contributed by atoms with E-state index in [1.165, 1.54) is 33.2 Å². The van der Waals surface area contributed by atoms with Gasteiger partial charge in [0.05, 0.1) is 25.9 Å². The number of carbonyl (C=O) groups excluding carboxylic acids is 3. The zero-order chi connectivity index (χ0) is 31.6. The van der Waals surface area contributed by atoms with Crippen molar-refractivity contribution in [1.82, 2.24) is 10.3 Å². The summed E-state index contributed by atoms with van der Waals surface area (Å²) in [6.45, 7) is 3.97. The number of nitrogens with one attached hydrogen (secondary N) is 1. The maximum Gasteiger partial charge on any atom is 0.416 e. The van der Waals surface area contributed by atoms with Gasteiger partial charge in [0, 0.05) is 25.8 Å². The molecule has 15 heteroatoms. The van der Waals surface area contributed by atoms with Gasteiger partial charge in [-0.15, -0.1) is 0 Å². The van der Waals surface area contributed by atoms with Crippen LogP contribution in [0.25, 0.3) is 0 Å². The van der Waals surface area contributed by atoms with Crippen LogP contribution in [-0.2, 0) is 34.7 Å². The SMILES string of the molecule is CCCOC1COCC(NC(=O)c2nccc(OC)c2OCOC(C)=O)C(=O)OC(C)C1Oc1ccc(C(F)(F)F)cc1. The molecule has 12 nitrogen and oxygen atoms in total. The molecule has 1 fully saturated rings. The Bertz CT molecular complexity index is 1240. The van der Waals surface area contributed by atoms with Crippen LogP contribution >= 0.6 is 0 Å². The number of benzene rings is 1. The molecule has 1 aliphatic heterocycles. The predicted octanol–water partition coefficient (Wildman–Crippen LogP) is 3.31. The number of rotatable bonds is 11. The zero-order valence-electron chi connectivity index (χ0n) is 24.0. The molecule has 3 rings (SSSR count). The normalized spacial score (nSPS) is 21.0. The van der Waals surface area contributed by atoms with E-state index in [9.17, 15) is 27.6 Å². The van der Waals surface area contributed by atoms with Crippen molar-refractivity contribution in [2.45, 2.75) is 57.7 Å². The van der Waals surface area contributed by atoms with Gasteiger partial charge < -0.3 is 38.5 Å². The number of amides is 1. The summed E-state index contributed by atoms with van der Waals surface area (Å²) >= 11 is 0. The molecule has 1 saturated heterocycles. The molecule has 4 unspecified atom stereocenters. The number of hydrogen-bond acceptors (Lipinski definition) is 11. The maximum absolute atomic E-state index is 13.2. The fourth-order valence-electron chi connectivity index (χ4n) is 3.95. The van der Waals surface area contributed by atoms with E-state index in [-0.39, 0.29) is 36.2 Å². The summed E-state index contributed by atoms with van der Waals surface area (Å²) in [4.78, 5) is 41.5. The molecule has 1 aromatic carbocycles. The molecule has 1 aromatic heterocycles. The summed E-state index contributed by atoms with van der Waals surface area (Å²) in [5, 5.41) is 2.50. The van der Waals surface area contributed by atoms with Crippen molar-refractivity contribution in [2.75, 3.05) is 33.7 Å². The van der Waals surface area contributed by atoms with Crippen molar-refractivity contribution >= 4 is 17.8 Å². The van der Waals surface area contributed by atoms with Gasteiger partial charge in [-0.1, -0.05) is 6.92 Å². The predicted molar refractivity (Wildman–Crippen MR) is 142 cm³/mol. The first-order valence-corrected chi connectivity index (χ1v) is 13.3. The Labute approximate surface area is 245 Å². The number of esters is 2. The monoisotopic (exact) mass is 614 g/mol. The molecule has 2 aromatic rings. The van der Waals surface area contributed by atoms with Gasteiger partial charge in [-0.05, 0) is 37.6 Å². The third kappa shape index (κ3) is 9.44. The zero-order valence-corrected chi connectivity index (χ0v) is 24.0. The molecule has 0 radical (unpaired) electrons. The van der Waals surface area contributed by atoms with Crippen LogP contribution in [0, 0.1) is 0 Å². The molecule has 2 heterocycles. The van der Waals surface area contributed by atoms with Crippen molar-refractivity contribution in [3.63, 3.8) is 0 Å². The summed E-state index contributed by atoms with van der Waals surface area (Å²) in [5.41, 5.74) is -1.11. The standard InChI is InChI=1S/C28H33F3N2O10/c1-5-12-39-22-14-38-13-20(33-26(35)23-25(41-15-40-17(3)34)21(37-4)10-11-32-23)27(36)42-16(2)24(22)43-19-8-6-18(7-9-19)28(29,30)31/h6-11,16,20,22,24H,5,12-15H2,1-4H3,(H,33,35). The quantitative estimate of drug-likeness (QED) is 0.294. The first kappa shape index (κ1) is 33.4. The molecule has 0 bridgehead atoms. The van der Waals surface area contributed by atoms with E-state index < -0.39 is 60.7 Å². The molecule has 0 spiro atoms. The van der Waals surface area contributed by atoms with Crippen molar-refractivity contribution < 1.29 is 60.7 Å². The summed E-state index contributed by atoms with van der Waals surface area (Å²) in [6.07, 6.45) is -5.31. The number of pyridine rings is 1. The minimum Gasteiger partial charge on any atom is -0.493 e. The molecule has 1 N–H and O–H groups in total. The van der Waals surface area contributed by atoms with Gasteiger partial charge in [0.25, 0.3) is 5.91 Å². The van der Waals surface area contributed by atoms with E-state index >= 15 is 0 Å². The second kappa shape index (κ2) is 15.4. The third-order valence-corrected chi connectivity index (χ3v) is 6.05. The van der Waals surface area contributed by atoms with Crippen molar-refractivity contribution in [2.24, 2.45) is 0 Å². The summed E-state index contributed by atoms with van der Waals surface area (Å²) in [7, 11) is 1.33. The minimum atomic E-state index is -4.52.